The SMILES string of the molecule is CC(C)(C)OC(=O)C(COCc1ccccc1)CC1(C)NC(=O)CC1=O. The van der Waals surface area contributed by atoms with Gasteiger partial charge in [-0.25, -0.2) is 0 Å². The summed E-state index contributed by atoms with van der Waals surface area (Å²) < 4.78 is 11.2. The molecule has 0 bridgehead atoms. The van der Waals surface area contributed by atoms with Crippen LogP contribution in [0.4, 0.5) is 0 Å². The van der Waals surface area contributed by atoms with E-state index in [-0.39, 0.29) is 31.1 Å². The van der Waals surface area contributed by atoms with E-state index in [4.69, 9.17) is 9.47 Å². The first kappa shape index (κ1) is 20.1. The number of benzene rings is 1. The molecule has 0 radical (unpaired) electrons. The van der Waals surface area contributed by atoms with Crippen molar-refractivity contribution in [3.63, 3.8) is 0 Å². The van der Waals surface area contributed by atoms with Gasteiger partial charge in [0.05, 0.1) is 31.1 Å². The number of esters is 1. The van der Waals surface area contributed by atoms with E-state index in [2.05, 4.69) is 5.32 Å². The summed E-state index contributed by atoms with van der Waals surface area (Å²) in [5.74, 6) is -1.60. The highest BCUT2D eigenvalue weighted by molar-refractivity contribution is 6.10. The average molecular weight is 361 g/mol. The summed E-state index contributed by atoms with van der Waals surface area (Å²) in [6.07, 6.45) is 0.00366. The molecule has 0 aliphatic carbocycles. The number of hydrogen-bond donors (Lipinski definition) is 1. The highest BCUT2D eigenvalue weighted by Gasteiger charge is 2.45. The Balaban J connectivity index is 2.04. The number of Topliss-reactive ketones (excluding diaryl/α,β-unsaturated/α-hetero) is 1. The van der Waals surface area contributed by atoms with Crippen molar-refractivity contribution in [1.29, 1.82) is 0 Å². The van der Waals surface area contributed by atoms with Gasteiger partial charge >= 0.3 is 5.97 Å². The van der Waals surface area contributed by atoms with Crippen LogP contribution in [0, 0.1) is 5.92 Å². The Morgan fingerprint density at radius 2 is 1.88 bits per heavy atom. The number of amides is 1. The highest BCUT2D eigenvalue weighted by atomic mass is 16.6. The largest absolute Gasteiger partial charge is 0.460 e. The summed E-state index contributed by atoms with van der Waals surface area (Å²) in [4.78, 5) is 36.3. The van der Waals surface area contributed by atoms with Crippen LogP contribution < -0.4 is 5.32 Å². The molecule has 0 aromatic heterocycles. The molecule has 1 saturated heterocycles. The van der Waals surface area contributed by atoms with E-state index < -0.39 is 23.0 Å². The fourth-order valence-electron chi connectivity index (χ4n) is 2.91. The standard InChI is InChI=1S/C20H27NO5/c1-19(2,3)26-18(24)15(11-20(4)16(22)10-17(23)21-20)13-25-12-14-8-6-5-7-9-14/h5-9,15H,10-13H2,1-4H3,(H,21,23). The van der Waals surface area contributed by atoms with Gasteiger partial charge in [0.2, 0.25) is 5.91 Å². The second kappa shape index (κ2) is 7.99. The van der Waals surface area contributed by atoms with Crippen LogP contribution in [-0.2, 0) is 30.5 Å². The summed E-state index contributed by atoms with van der Waals surface area (Å²) >= 11 is 0. The van der Waals surface area contributed by atoms with Crippen LogP contribution in [0.2, 0.25) is 0 Å². The normalized spacial score (nSPS) is 21.4. The van der Waals surface area contributed by atoms with Gasteiger partial charge in [-0.3, -0.25) is 14.4 Å². The smallest absolute Gasteiger partial charge is 0.311 e. The first-order valence-corrected chi connectivity index (χ1v) is 8.78. The molecule has 1 aromatic carbocycles. The minimum absolute atomic E-state index is 0.114. The molecule has 0 spiro atoms. The molecule has 1 aromatic rings. The lowest BCUT2D eigenvalue weighted by atomic mass is 9.87. The lowest BCUT2D eigenvalue weighted by Gasteiger charge is -2.29. The molecule has 2 unspecified atom stereocenters. The molecule has 26 heavy (non-hydrogen) atoms. The maximum Gasteiger partial charge on any atom is 0.311 e. The van der Waals surface area contributed by atoms with Crippen LogP contribution in [0.3, 0.4) is 0 Å². The lowest BCUT2D eigenvalue weighted by Crippen LogP contribution is -2.47. The maximum absolute atomic E-state index is 12.6. The summed E-state index contributed by atoms with van der Waals surface area (Å²) in [5.41, 5.74) is -0.709. The molecule has 1 fully saturated rings. The Labute approximate surface area is 154 Å². The molecular formula is C20H27NO5. The number of nitrogens with one attached hydrogen (secondary N) is 1. The zero-order valence-electron chi connectivity index (χ0n) is 15.8. The van der Waals surface area contributed by atoms with E-state index in [0.717, 1.165) is 5.56 Å². The van der Waals surface area contributed by atoms with Crippen LogP contribution in [0.1, 0.15) is 46.1 Å². The zero-order valence-corrected chi connectivity index (χ0v) is 15.8. The number of carbonyl (C=O) groups is 3. The molecule has 2 atom stereocenters. The fourth-order valence-corrected chi connectivity index (χ4v) is 2.91. The molecule has 142 valence electrons. The van der Waals surface area contributed by atoms with Crippen LogP contribution in [-0.4, -0.2) is 35.4 Å². The van der Waals surface area contributed by atoms with E-state index >= 15 is 0 Å². The number of carbonyl (C=O) groups excluding carboxylic acids is 3. The van der Waals surface area contributed by atoms with E-state index in [1.165, 1.54) is 0 Å². The van der Waals surface area contributed by atoms with Crippen LogP contribution in [0.5, 0.6) is 0 Å². The molecule has 1 aliphatic rings. The van der Waals surface area contributed by atoms with Crippen molar-refractivity contribution >= 4 is 17.7 Å². The predicted molar refractivity (Wildman–Crippen MR) is 96.2 cm³/mol. The van der Waals surface area contributed by atoms with Crippen molar-refractivity contribution in [2.75, 3.05) is 6.61 Å². The first-order valence-electron chi connectivity index (χ1n) is 8.78. The van der Waals surface area contributed by atoms with Gasteiger partial charge in [0, 0.05) is 0 Å². The van der Waals surface area contributed by atoms with Gasteiger partial charge in [0.15, 0.2) is 5.78 Å². The quantitative estimate of drug-likeness (QED) is 0.596. The van der Waals surface area contributed by atoms with E-state index in [0.29, 0.717) is 6.61 Å². The third-order valence-corrected chi connectivity index (χ3v) is 4.18. The van der Waals surface area contributed by atoms with Gasteiger partial charge < -0.3 is 14.8 Å². The Kier molecular flexibility index (Phi) is 6.18. The monoisotopic (exact) mass is 361 g/mol. The fraction of sp³-hybridized carbons (Fsp3) is 0.550. The molecule has 6 heteroatoms. The van der Waals surface area contributed by atoms with Crippen LogP contribution in [0.25, 0.3) is 0 Å². The van der Waals surface area contributed by atoms with Gasteiger partial charge in [-0.05, 0) is 39.7 Å². The summed E-state index contributed by atoms with van der Waals surface area (Å²) in [5, 5.41) is 2.68. The molecule has 1 amide bonds. The third kappa shape index (κ3) is 5.66. The number of hydrogen-bond acceptors (Lipinski definition) is 5. The number of ketones is 1. The second-order valence-electron chi connectivity index (χ2n) is 7.92. The van der Waals surface area contributed by atoms with Crippen molar-refractivity contribution < 1.29 is 23.9 Å². The van der Waals surface area contributed by atoms with Crippen molar-refractivity contribution in [1.82, 2.24) is 5.32 Å². The van der Waals surface area contributed by atoms with Crippen LogP contribution >= 0.6 is 0 Å². The summed E-state index contributed by atoms with van der Waals surface area (Å²) in [7, 11) is 0. The second-order valence-corrected chi connectivity index (χ2v) is 7.92. The van der Waals surface area contributed by atoms with E-state index in [9.17, 15) is 14.4 Å². The third-order valence-electron chi connectivity index (χ3n) is 4.18. The van der Waals surface area contributed by atoms with Crippen molar-refractivity contribution in [3.8, 4) is 0 Å². The molecule has 0 saturated carbocycles. The zero-order chi connectivity index (χ0) is 19.4. The molecule has 1 heterocycles. The Morgan fingerprint density at radius 1 is 1.23 bits per heavy atom. The summed E-state index contributed by atoms with van der Waals surface area (Å²) in [6.45, 7) is 7.49. The maximum atomic E-state index is 12.6. The van der Waals surface area contributed by atoms with E-state index in [1.54, 1.807) is 27.7 Å². The van der Waals surface area contributed by atoms with Gasteiger partial charge in [0.25, 0.3) is 0 Å². The number of rotatable bonds is 7. The van der Waals surface area contributed by atoms with Gasteiger partial charge in [0.1, 0.15) is 5.60 Å². The number of ether oxygens (including phenoxy) is 2. The highest BCUT2D eigenvalue weighted by Crippen LogP contribution is 2.26. The Morgan fingerprint density at radius 3 is 2.42 bits per heavy atom. The lowest BCUT2D eigenvalue weighted by molar-refractivity contribution is -0.163. The van der Waals surface area contributed by atoms with Crippen molar-refractivity contribution in [2.45, 2.75) is 58.3 Å². The topological polar surface area (TPSA) is 81.7 Å². The minimum Gasteiger partial charge on any atom is -0.460 e. The predicted octanol–water partition coefficient (Wildman–Crippen LogP) is 2.40. The Bertz CT molecular complexity index is 665. The molecule has 2 rings (SSSR count). The molecule has 6 nitrogen and oxygen atoms in total. The molecule has 1 aliphatic heterocycles. The Hall–Kier alpha value is -2.21. The van der Waals surface area contributed by atoms with Crippen LogP contribution in [0.15, 0.2) is 30.3 Å². The summed E-state index contributed by atoms with van der Waals surface area (Å²) in [6, 6.07) is 9.62. The molecular weight excluding hydrogens is 334 g/mol. The molecule has 1 N–H and O–H groups in total. The van der Waals surface area contributed by atoms with Gasteiger partial charge in [-0.15, -0.1) is 0 Å². The average Bonchev–Trinajstić information content (AvgIpc) is 2.78. The van der Waals surface area contributed by atoms with Gasteiger partial charge in [-0.2, -0.15) is 0 Å². The van der Waals surface area contributed by atoms with Crippen molar-refractivity contribution in [2.24, 2.45) is 5.92 Å². The van der Waals surface area contributed by atoms with E-state index in [1.807, 2.05) is 30.3 Å². The van der Waals surface area contributed by atoms with Gasteiger partial charge in [-0.1, -0.05) is 30.3 Å². The first-order chi connectivity index (χ1) is 12.1. The van der Waals surface area contributed by atoms with Crippen molar-refractivity contribution in [3.05, 3.63) is 35.9 Å². The minimum atomic E-state index is -1.06.